The van der Waals surface area contributed by atoms with Gasteiger partial charge in [0, 0.05) is 36.5 Å². The van der Waals surface area contributed by atoms with Gasteiger partial charge in [-0.1, -0.05) is 0 Å². The zero-order chi connectivity index (χ0) is 18.9. The van der Waals surface area contributed by atoms with Crippen LogP contribution in [0.15, 0.2) is 12.1 Å². The lowest BCUT2D eigenvalue weighted by Gasteiger charge is -2.30. The smallest absolute Gasteiger partial charge is 0.228 e. The maximum absolute atomic E-state index is 11.9. The third-order valence-electron chi connectivity index (χ3n) is 4.35. The fraction of sp³-hybridized carbons (Fsp3) is 0.529. The van der Waals surface area contributed by atoms with E-state index in [1.54, 1.807) is 0 Å². The van der Waals surface area contributed by atoms with Gasteiger partial charge in [-0.2, -0.15) is 0 Å². The van der Waals surface area contributed by atoms with E-state index in [1.807, 2.05) is 32.9 Å². The molecule has 1 aliphatic heterocycles. The van der Waals surface area contributed by atoms with Crippen LogP contribution in [-0.2, 0) is 10.0 Å². The molecule has 1 N–H and O–H groups in total. The highest BCUT2D eigenvalue weighted by Gasteiger charge is 2.28. The quantitative estimate of drug-likeness (QED) is 0.871. The van der Waals surface area contributed by atoms with E-state index in [0.29, 0.717) is 30.7 Å². The number of nitrogens with one attached hydrogen (secondary N) is 1. The fourth-order valence-electron chi connectivity index (χ4n) is 3.25. The summed E-state index contributed by atoms with van der Waals surface area (Å²) in [5, 5.41) is 3.14. The van der Waals surface area contributed by atoms with Gasteiger partial charge in [-0.25, -0.2) is 32.7 Å². The van der Waals surface area contributed by atoms with Crippen LogP contribution >= 0.6 is 0 Å². The first-order valence-corrected chi connectivity index (χ1v) is 10.5. The molecule has 1 unspecified atom stereocenters. The minimum atomic E-state index is -3.19. The Labute approximate surface area is 154 Å². The van der Waals surface area contributed by atoms with Crippen LogP contribution in [-0.4, -0.2) is 52.0 Å². The Kier molecular flexibility index (Phi) is 5.19. The van der Waals surface area contributed by atoms with Gasteiger partial charge in [-0.3, -0.25) is 0 Å². The zero-order valence-electron chi connectivity index (χ0n) is 15.5. The lowest BCUT2D eigenvalue weighted by molar-refractivity contribution is 0.314. The highest BCUT2D eigenvalue weighted by atomic mass is 32.2. The molecule has 1 saturated heterocycles. The van der Waals surface area contributed by atoms with E-state index in [9.17, 15) is 8.42 Å². The van der Waals surface area contributed by atoms with Crippen LogP contribution in [0.5, 0.6) is 0 Å². The molecule has 26 heavy (non-hydrogen) atoms. The molecular formula is C17H24N6O2S. The van der Waals surface area contributed by atoms with Gasteiger partial charge >= 0.3 is 0 Å². The summed E-state index contributed by atoms with van der Waals surface area (Å²) in [6.45, 7) is 6.68. The summed E-state index contributed by atoms with van der Waals surface area (Å²) in [5.41, 5.74) is 2.60. The molecule has 3 rings (SSSR count). The van der Waals surface area contributed by atoms with E-state index in [4.69, 9.17) is 0 Å². The Hall–Kier alpha value is -2.13. The second-order valence-electron chi connectivity index (χ2n) is 6.78. The molecule has 2 aromatic rings. The molecule has 0 bridgehead atoms. The van der Waals surface area contributed by atoms with Crippen LogP contribution in [0.4, 0.5) is 11.8 Å². The normalized spacial score (nSPS) is 18.7. The maximum atomic E-state index is 11.9. The fourth-order valence-corrected chi connectivity index (χ4v) is 4.16. The van der Waals surface area contributed by atoms with Crippen molar-refractivity contribution >= 4 is 21.8 Å². The summed E-state index contributed by atoms with van der Waals surface area (Å²) >= 11 is 0. The van der Waals surface area contributed by atoms with E-state index in [0.717, 1.165) is 29.9 Å². The molecule has 1 fully saturated rings. The Balaban J connectivity index is 1.85. The monoisotopic (exact) mass is 376 g/mol. The standard InChI is InChI=1S/C17H24N6O2S/c1-11-8-12(2)19-17(18-11)22-16-9-15(20-13(3)21-16)14-6-5-7-23(10-14)26(4,24)25/h8-9,14H,5-7,10H2,1-4H3,(H,18,19,20,21,22). The average molecular weight is 376 g/mol. The van der Waals surface area contributed by atoms with E-state index in [2.05, 4.69) is 25.3 Å². The number of aryl methyl sites for hydroxylation is 3. The summed E-state index contributed by atoms with van der Waals surface area (Å²) in [6, 6.07) is 3.77. The second kappa shape index (κ2) is 7.24. The number of sulfonamides is 1. The minimum Gasteiger partial charge on any atom is -0.309 e. The molecule has 0 saturated carbocycles. The van der Waals surface area contributed by atoms with Gasteiger partial charge in [-0.05, 0) is 39.7 Å². The van der Waals surface area contributed by atoms with Crippen LogP contribution in [0.3, 0.4) is 0 Å². The molecule has 8 nitrogen and oxygen atoms in total. The first kappa shape index (κ1) is 18.7. The lowest BCUT2D eigenvalue weighted by Crippen LogP contribution is -2.38. The second-order valence-corrected chi connectivity index (χ2v) is 8.77. The van der Waals surface area contributed by atoms with Crippen molar-refractivity contribution in [1.29, 1.82) is 0 Å². The van der Waals surface area contributed by atoms with E-state index in [-0.39, 0.29) is 5.92 Å². The van der Waals surface area contributed by atoms with Crippen LogP contribution < -0.4 is 5.32 Å². The minimum absolute atomic E-state index is 0.0564. The molecule has 1 atom stereocenters. The van der Waals surface area contributed by atoms with Crippen LogP contribution in [0.2, 0.25) is 0 Å². The van der Waals surface area contributed by atoms with Crippen LogP contribution in [0.1, 0.15) is 41.7 Å². The number of rotatable bonds is 4. The van der Waals surface area contributed by atoms with Crippen molar-refractivity contribution in [1.82, 2.24) is 24.2 Å². The molecule has 0 aliphatic carbocycles. The van der Waals surface area contributed by atoms with E-state index in [1.165, 1.54) is 10.6 Å². The van der Waals surface area contributed by atoms with Crippen molar-refractivity contribution in [3.05, 3.63) is 35.0 Å². The van der Waals surface area contributed by atoms with Gasteiger partial charge in [0.05, 0.1) is 11.9 Å². The van der Waals surface area contributed by atoms with Crippen molar-refractivity contribution in [3.63, 3.8) is 0 Å². The molecular weight excluding hydrogens is 352 g/mol. The number of nitrogens with zero attached hydrogens (tertiary/aromatic N) is 5. The van der Waals surface area contributed by atoms with Crippen molar-refractivity contribution in [2.45, 2.75) is 39.5 Å². The number of anilines is 2. The predicted molar refractivity (Wildman–Crippen MR) is 99.9 cm³/mol. The zero-order valence-corrected chi connectivity index (χ0v) is 16.3. The molecule has 0 radical (unpaired) electrons. The first-order chi connectivity index (χ1) is 12.2. The molecule has 140 valence electrons. The number of hydrogen-bond donors (Lipinski definition) is 1. The Bertz CT molecular complexity index is 895. The van der Waals surface area contributed by atoms with Gasteiger partial charge in [0.1, 0.15) is 11.6 Å². The number of hydrogen-bond acceptors (Lipinski definition) is 7. The third kappa shape index (κ3) is 4.53. The summed E-state index contributed by atoms with van der Waals surface area (Å²) in [5.74, 6) is 1.80. The van der Waals surface area contributed by atoms with Gasteiger partial charge < -0.3 is 5.32 Å². The highest BCUT2D eigenvalue weighted by molar-refractivity contribution is 7.88. The van der Waals surface area contributed by atoms with E-state index < -0.39 is 10.0 Å². The Morgan fingerprint density at radius 3 is 2.42 bits per heavy atom. The van der Waals surface area contributed by atoms with Crippen LogP contribution in [0.25, 0.3) is 0 Å². The summed E-state index contributed by atoms with van der Waals surface area (Å²) in [7, 11) is -3.19. The Morgan fingerprint density at radius 2 is 1.77 bits per heavy atom. The SMILES string of the molecule is Cc1cc(C)nc(Nc2cc(C3CCCN(S(C)(=O)=O)C3)nc(C)n2)n1. The lowest BCUT2D eigenvalue weighted by atomic mass is 9.96. The predicted octanol–water partition coefficient (Wildman–Crippen LogP) is 2.07. The Morgan fingerprint density at radius 1 is 1.08 bits per heavy atom. The van der Waals surface area contributed by atoms with Gasteiger partial charge in [-0.15, -0.1) is 0 Å². The molecule has 9 heteroatoms. The summed E-state index contributed by atoms with van der Waals surface area (Å²) < 4.78 is 25.3. The molecule has 0 aromatic carbocycles. The van der Waals surface area contributed by atoms with Gasteiger partial charge in [0.25, 0.3) is 0 Å². The van der Waals surface area contributed by atoms with Crippen molar-refractivity contribution in [3.8, 4) is 0 Å². The van der Waals surface area contributed by atoms with Crippen molar-refractivity contribution in [2.75, 3.05) is 24.7 Å². The summed E-state index contributed by atoms with van der Waals surface area (Å²) in [6.07, 6.45) is 2.98. The molecule has 1 aliphatic rings. The molecule has 2 aromatic heterocycles. The maximum Gasteiger partial charge on any atom is 0.228 e. The topological polar surface area (TPSA) is 101 Å². The molecule has 0 amide bonds. The summed E-state index contributed by atoms with van der Waals surface area (Å²) in [4.78, 5) is 17.7. The third-order valence-corrected chi connectivity index (χ3v) is 5.62. The highest BCUT2D eigenvalue weighted by Crippen LogP contribution is 2.28. The number of aromatic nitrogens is 4. The van der Waals surface area contributed by atoms with E-state index >= 15 is 0 Å². The average Bonchev–Trinajstić information content (AvgIpc) is 2.52. The largest absolute Gasteiger partial charge is 0.309 e. The van der Waals surface area contributed by atoms with Gasteiger partial charge in [0.2, 0.25) is 16.0 Å². The molecule has 3 heterocycles. The molecule has 0 spiro atoms. The number of piperidine rings is 1. The van der Waals surface area contributed by atoms with Crippen LogP contribution in [0, 0.1) is 20.8 Å². The van der Waals surface area contributed by atoms with Gasteiger partial charge in [0.15, 0.2) is 0 Å². The van der Waals surface area contributed by atoms with Crippen molar-refractivity contribution < 1.29 is 8.42 Å². The van der Waals surface area contributed by atoms with Crippen molar-refractivity contribution in [2.24, 2.45) is 0 Å². The first-order valence-electron chi connectivity index (χ1n) is 8.61.